The Hall–Kier alpha value is -1.59. The fourth-order valence-electron chi connectivity index (χ4n) is 1.44. The lowest BCUT2D eigenvalue weighted by molar-refractivity contribution is 0.0915. The minimum absolute atomic E-state index is 0.256. The summed E-state index contributed by atoms with van der Waals surface area (Å²) in [4.78, 5) is 12.4. The number of aliphatic hydroxyl groups is 1. The number of nitrogens with one attached hydrogen (secondary N) is 1. The second-order valence-electron chi connectivity index (χ2n) is 3.55. The molecule has 0 bridgehead atoms. The monoisotopic (exact) mass is 251 g/mol. The highest BCUT2D eigenvalue weighted by Crippen LogP contribution is 2.20. The summed E-state index contributed by atoms with van der Waals surface area (Å²) < 4.78 is 4.95. The summed E-state index contributed by atoms with van der Waals surface area (Å²) in [6, 6.07) is 7.04. The highest BCUT2D eigenvalue weighted by molar-refractivity contribution is 7.10. The normalized spacial score (nSPS) is 12.3. The topological polar surface area (TPSA) is 62.5 Å². The van der Waals surface area contributed by atoms with Crippen molar-refractivity contribution in [2.45, 2.75) is 12.5 Å². The van der Waals surface area contributed by atoms with Crippen molar-refractivity contribution >= 4 is 17.2 Å². The Bertz CT molecular complexity index is 450. The Morgan fingerprint density at radius 3 is 3.00 bits per heavy atom. The molecule has 0 spiro atoms. The molecule has 2 rings (SSSR count). The summed E-state index contributed by atoms with van der Waals surface area (Å²) in [5.41, 5.74) is 0. The standard InChI is InChI=1S/C12H13NO3S/c14-9(11-4-2-8-17-11)5-6-13-12(15)10-3-1-7-16-10/h1-4,7-9,14H,5-6H2,(H,13,15). The fourth-order valence-corrected chi connectivity index (χ4v) is 2.19. The van der Waals surface area contributed by atoms with E-state index in [4.69, 9.17) is 4.42 Å². The largest absolute Gasteiger partial charge is 0.459 e. The molecule has 0 saturated carbocycles. The van der Waals surface area contributed by atoms with Crippen molar-refractivity contribution < 1.29 is 14.3 Å². The maximum Gasteiger partial charge on any atom is 0.286 e. The van der Waals surface area contributed by atoms with Gasteiger partial charge in [-0.1, -0.05) is 6.07 Å². The van der Waals surface area contributed by atoms with Gasteiger partial charge in [0.2, 0.25) is 0 Å². The molecule has 0 saturated heterocycles. The Labute approximate surface area is 103 Å². The highest BCUT2D eigenvalue weighted by Gasteiger charge is 2.11. The zero-order chi connectivity index (χ0) is 12.1. The molecule has 1 amide bonds. The zero-order valence-corrected chi connectivity index (χ0v) is 9.94. The van der Waals surface area contributed by atoms with Gasteiger partial charge in [-0.3, -0.25) is 4.79 Å². The molecule has 0 aliphatic carbocycles. The van der Waals surface area contributed by atoms with Gasteiger partial charge in [0.05, 0.1) is 12.4 Å². The Kier molecular flexibility index (Phi) is 3.95. The second kappa shape index (κ2) is 5.65. The van der Waals surface area contributed by atoms with Gasteiger partial charge in [0, 0.05) is 11.4 Å². The van der Waals surface area contributed by atoms with Crippen LogP contribution in [0.15, 0.2) is 40.3 Å². The van der Waals surface area contributed by atoms with Gasteiger partial charge in [-0.05, 0) is 30.0 Å². The van der Waals surface area contributed by atoms with E-state index in [0.717, 1.165) is 4.88 Å². The molecule has 1 atom stereocenters. The van der Waals surface area contributed by atoms with E-state index in [9.17, 15) is 9.90 Å². The van der Waals surface area contributed by atoms with E-state index in [1.54, 1.807) is 12.1 Å². The molecule has 0 radical (unpaired) electrons. The van der Waals surface area contributed by atoms with Crippen LogP contribution in [-0.2, 0) is 0 Å². The summed E-state index contributed by atoms with van der Waals surface area (Å²) in [5.74, 6) is 0.0315. The van der Waals surface area contributed by atoms with Crippen LogP contribution in [0, 0.1) is 0 Å². The average molecular weight is 251 g/mol. The van der Waals surface area contributed by atoms with Crippen LogP contribution >= 0.6 is 11.3 Å². The van der Waals surface area contributed by atoms with Crippen molar-refractivity contribution in [1.82, 2.24) is 5.32 Å². The van der Waals surface area contributed by atoms with Gasteiger partial charge >= 0.3 is 0 Å². The van der Waals surface area contributed by atoms with Gasteiger partial charge in [0.15, 0.2) is 5.76 Å². The molecule has 5 heteroatoms. The number of amides is 1. The second-order valence-corrected chi connectivity index (χ2v) is 4.53. The number of furan rings is 1. The van der Waals surface area contributed by atoms with E-state index in [2.05, 4.69) is 5.32 Å². The maximum absolute atomic E-state index is 11.5. The van der Waals surface area contributed by atoms with Crippen molar-refractivity contribution in [2.75, 3.05) is 6.54 Å². The number of rotatable bonds is 5. The van der Waals surface area contributed by atoms with Gasteiger partial charge in [-0.25, -0.2) is 0 Å². The van der Waals surface area contributed by atoms with Crippen LogP contribution in [0.3, 0.4) is 0 Å². The van der Waals surface area contributed by atoms with Gasteiger partial charge < -0.3 is 14.8 Å². The number of thiophene rings is 1. The minimum Gasteiger partial charge on any atom is -0.459 e. The summed E-state index contributed by atoms with van der Waals surface area (Å²) >= 11 is 1.51. The van der Waals surface area contributed by atoms with Crippen LogP contribution in [0.5, 0.6) is 0 Å². The fraction of sp³-hybridized carbons (Fsp3) is 0.250. The Morgan fingerprint density at radius 2 is 2.35 bits per heavy atom. The van der Waals surface area contributed by atoms with Crippen LogP contribution in [0.1, 0.15) is 28.0 Å². The lowest BCUT2D eigenvalue weighted by atomic mass is 10.2. The third-order valence-electron chi connectivity index (χ3n) is 2.32. The van der Waals surface area contributed by atoms with Crippen LogP contribution in [-0.4, -0.2) is 17.6 Å². The Balaban J connectivity index is 1.75. The molecule has 2 aromatic heterocycles. The molecule has 0 fully saturated rings. The number of carbonyl (C=O) groups excluding carboxylic acids is 1. The molecule has 0 aliphatic heterocycles. The first-order chi connectivity index (χ1) is 8.27. The molecule has 17 heavy (non-hydrogen) atoms. The predicted molar refractivity (Wildman–Crippen MR) is 64.9 cm³/mol. The van der Waals surface area contributed by atoms with Crippen molar-refractivity contribution in [3.63, 3.8) is 0 Å². The van der Waals surface area contributed by atoms with E-state index in [0.29, 0.717) is 13.0 Å². The number of aliphatic hydroxyl groups excluding tert-OH is 1. The summed E-state index contributed by atoms with van der Waals surface area (Å²) in [6.07, 6.45) is 1.43. The smallest absolute Gasteiger partial charge is 0.286 e. The van der Waals surface area contributed by atoms with E-state index in [1.807, 2.05) is 17.5 Å². The lowest BCUT2D eigenvalue weighted by Crippen LogP contribution is -2.25. The average Bonchev–Trinajstić information content (AvgIpc) is 3.02. The third-order valence-corrected chi connectivity index (χ3v) is 3.29. The summed E-state index contributed by atoms with van der Waals surface area (Å²) in [7, 11) is 0. The van der Waals surface area contributed by atoms with E-state index < -0.39 is 6.10 Å². The van der Waals surface area contributed by atoms with Crippen molar-refractivity contribution in [3.05, 3.63) is 46.5 Å². The van der Waals surface area contributed by atoms with Crippen LogP contribution in [0.25, 0.3) is 0 Å². The van der Waals surface area contributed by atoms with Gasteiger partial charge in [0.25, 0.3) is 5.91 Å². The van der Waals surface area contributed by atoms with Crippen molar-refractivity contribution in [2.24, 2.45) is 0 Å². The zero-order valence-electron chi connectivity index (χ0n) is 9.13. The van der Waals surface area contributed by atoms with Crippen LogP contribution in [0.4, 0.5) is 0 Å². The number of carbonyl (C=O) groups is 1. The first-order valence-corrected chi connectivity index (χ1v) is 6.18. The lowest BCUT2D eigenvalue weighted by Gasteiger charge is -2.08. The summed E-state index contributed by atoms with van der Waals surface area (Å²) in [6.45, 7) is 0.415. The SMILES string of the molecule is O=C(NCCC(O)c1cccs1)c1ccco1. The van der Waals surface area contributed by atoms with Gasteiger partial charge in [-0.15, -0.1) is 11.3 Å². The van der Waals surface area contributed by atoms with E-state index in [-0.39, 0.29) is 11.7 Å². The maximum atomic E-state index is 11.5. The molecule has 0 aliphatic rings. The molecule has 2 N–H and O–H groups in total. The minimum atomic E-state index is -0.521. The predicted octanol–water partition coefficient (Wildman–Crippen LogP) is 2.19. The first kappa shape index (κ1) is 11.9. The van der Waals surface area contributed by atoms with E-state index >= 15 is 0 Å². The van der Waals surface area contributed by atoms with Crippen molar-refractivity contribution in [1.29, 1.82) is 0 Å². The highest BCUT2D eigenvalue weighted by atomic mass is 32.1. The molecule has 0 aromatic carbocycles. The molecule has 90 valence electrons. The third kappa shape index (κ3) is 3.18. The molecule has 2 aromatic rings. The summed E-state index contributed by atoms with van der Waals surface area (Å²) in [5, 5.41) is 14.4. The van der Waals surface area contributed by atoms with Gasteiger partial charge in [0.1, 0.15) is 0 Å². The van der Waals surface area contributed by atoms with Crippen LogP contribution in [0.2, 0.25) is 0 Å². The van der Waals surface area contributed by atoms with Crippen molar-refractivity contribution in [3.8, 4) is 0 Å². The van der Waals surface area contributed by atoms with Gasteiger partial charge in [-0.2, -0.15) is 0 Å². The molecular weight excluding hydrogens is 238 g/mol. The van der Waals surface area contributed by atoms with E-state index in [1.165, 1.54) is 17.6 Å². The molecular formula is C12H13NO3S. The molecule has 1 unspecified atom stereocenters. The Morgan fingerprint density at radius 1 is 1.47 bits per heavy atom. The van der Waals surface area contributed by atoms with Crippen LogP contribution < -0.4 is 5.32 Å². The molecule has 2 heterocycles. The quantitative estimate of drug-likeness (QED) is 0.856. The number of hydrogen-bond donors (Lipinski definition) is 2. The first-order valence-electron chi connectivity index (χ1n) is 5.30. The molecule has 4 nitrogen and oxygen atoms in total. The number of hydrogen-bond acceptors (Lipinski definition) is 4.